The zero-order valence-electron chi connectivity index (χ0n) is 16.0. The average Bonchev–Trinajstić information content (AvgIpc) is 3.14. The van der Waals surface area contributed by atoms with Crippen molar-refractivity contribution >= 4 is 0 Å². The molecule has 146 valence electrons. The molecular formula is C20H24N6O2. The third-order valence-electron chi connectivity index (χ3n) is 4.97. The summed E-state index contributed by atoms with van der Waals surface area (Å²) in [5.74, 6) is 0.708. The molecule has 0 aromatic carbocycles. The SMILES string of the molecule is Cc1nc(CN2CCN(CCn3nc(-c4cccnc4)ccc3=O)CC2)co1. The molecular weight excluding hydrogens is 356 g/mol. The number of pyridine rings is 1. The first kappa shape index (κ1) is 18.5. The Hall–Kier alpha value is -2.84. The Morgan fingerprint density at radius 2 is 1.89 bits per heavy atom. The van der Waals surface area contributed by atoms with Gasteiger partial charge >= 0.3 is 0 Å². The van der Waals surface area contributed by atoms with Gasteiger partial charge in [0.05, 0.1) is 17.9 Å². The van der Waals surface area contributed by atoms with Crippen molar-refractivity contribution in [2.75, 3.05) is 32.7 Å². The summed E-state index contributed by atoms with van der Waals surface area (Å²) in [7, 11) is 0. The van der Waals surface area contributed by atoms with Gasteiger partial charge in [-0.15, -0.1) is 0 Å². The van der Waals surface area contributed by atoms with Crippen LogP contribution in [0.2, 0.25) is 0 Å². The number of hydrogen-bond donors (Lipinski definition) is 0. The van der Waals surface area contributed by atoms with Crippen LogP contribution in [0.5, 0.6) is 0 Å². The number of aryl methyl sites for hydroxylation is 1. The van der Waals surface area contributed by atoms with Crippen LogP contribution in [0, 0.1) is 6.92 Å². The van der Waals surface area contributed by atoms with Crippen LogP contribution < -0.4 is 5.56 Å². The molecule has 1 saturated heterocycles. The second kappa shape index (κ2) is 8.45. The van der Waals surface area contributed by atoms with Crippen molar-refractivity contribution in [1.29, 1.82) is 0 Å². The van der Waals surface area contributed by atoms with Crippen molar-refractivity contribution in [2.24, 2.45) is 0 Å². The van der Waals surface area contributed by atoms with Crippen LogP contribution in [-0.2, 0) is 13.1 Å². The van der Waals surface area contributed by atoms with Gasteiger partial charge in [-0.1, -0.05) is 0 Å². The molecule has 0 radical (unpaired) electrons. The van der Waals surface area contributed by atoms with Gasteiger partial charge in [-0.3, -0.25) is 19.6 Å². The molecule has 0 saturated carbocycles. The van der Waals surface area contributed by atoms with E-state index in [4.69, 9.17) is 4.42 Å². The molecule has 28 heavy (non-hydrogen) atoms. The minimum absolute atomic E-state index is 0.0762. The summed E-state index contributed by atoms with van der Waals surface area (Å²) in [6.07, 6.45) is 5.21. The predicted molar refractivity (Wildman–Crippen MR) is 105 cm³/mol. The molecule has 3 aromatic heterocycles. The van der Waals surface area contributed by atoms with Crippen LogP contribution >= 0.6 is 0 Å². The molecule has 3 aromatic rings. The second-order valence-electron chi connectivity index (χ2n) is 7.00. The lowest BCUT2D eigenvalue weighted by Crippen LogP contribution is -2.47. The number of aromatic nitrogens is 4. The fourth-order valence-corrected chi connectivity index (χ4v) is 3.39. The van der Waals surface area contributed by atoms with Gasteiger partial charge in [-0.2, -0.15) is 5.10 Å². The van der Waals surface area contributed by atoms with E-state index in [1.807, 2.05) is 19.1 Å². The maximum absolute atomic E-state index is 12.2. The van der Waals surface area contributed by atoms with E-state index in [1.54, 1.807) is 35.5 Å². The smallest absolute Gasteiger partial charge is 0.266 e. The topological polar surface area (TPSA) is 80.3 Å². The van der Waals surface area contributed by atoms with E-state index >= 15 is 0 Å². The van der Waals surface area contributed by atoms with Gasteiger partial charge in [-0.25, -0.2) is 9.67 Å². The van der Waals surface area contributed by atoms with Gasteiger partial charge in [-0.05, 0) is 18.2 Å². The molecule has 0 amide bonds. The molecule has 1 aliphatic heterocycles. The molecule has 0 unspecified atom stereocenters. The first-order chi connectivity index (χ1) is 13.7. The molecule has 0 N–H and O–H groups in total. The predicted octanol–water partition coefficient (Wildman–Crippen LogP) is 1.42. The highest BCUT2D eigenvalue weighted by Gasteiger charge is 2.18. The first-order valence-electron chi connectivity index (χ1n) is 9.52. The molecule has 1 fully saturated rings. The van der Waals surface area contributed by atoms with E-state index in [9.17, 15) is 4.79 Å². The minimum atomic E-state index is -0.0762. The van der Waals surface area contributed by atoms with E-state index in [0.29, 0.717) is 12.4 Å². The largest absolute Gasteiger partial charge is 0.449 e. The van der Waals surface area contributed by atoms with Crippen LogP contribution in [0.3, 0.4) is 0 Å². The summed E-state index contributed by atoms with van der Waals surface area (Å²) in [5, 5.41) is 4.51. The van der Waals surface area contributed by atoms with Crippen LogP contribution in [0.4, 0.5) is 0 Å². The van der Waals surface area contributed by atoms with Gasteiger partial charge in [0.25, 0.3) is 5.56 Å². The Bertz CT molecular complexity index is 960. The van der Waals surface area contributed by atoms with Gasteiger partial charge < -0.3 is 4.42 Å². The zero-order chi connectivity index (χ0) is 19.3. The Balaban J connectivity index is 1.31. The fourth-order valence-electron chi connectivity index (χ4n) is 3.39. The van der Waals surface area contributed by atoms with E-state index in [0.717, 1.165) is 56.2 Å². The third-order valence-corrected chi connectivity index (χ3v) is 4.97. The highest BCUT2D eigenvalue weighted by Crippen LogP contribution is 2.13. The maximum Gasteiger partial charge on any atom is 0.266 e. The third kappa shape index (κ3) is 4.52. The Labute approximate surface area is 163 Å². The normalized spacial score (nSPS) is 15.8. The fraction of sp³-hybridized carbons (Fsp3) is 0.400. The van der Waals surface area contributed by atoms with Crippen molar-refractivity contribution in [3.63, 3.8) is 0 Å². The summed E-state index contributed by atoms with van der Waals surface area (Å²) >= 11 is 0. The molecule has 4 rings (SSSR count). The van der Waals surface area contributed by atoms with Gasteiger partial charge in [0.2, 0.25) is 0 Å². The van der Waals surface area contributed by atoms with E-state index in [-0.39, 0.29) is 5.56 Å². The monoisotopic (exact) mass is 380 g/mol. The zero-order valence-corrected chi connectivity index (χ0v) is 16.0. The molecule has 8 nitrogen and oxygen atoms in total. The second-order valence-corrected chi connectivity index (χ2v) is 7.00. The number of nitrogens with zero attached hydrogens (tertiary/aromatic N) is 6. The molecule has 0 bridgehead atoms. The standard InChI is InChI=1S/C20H24N6O2/c1-16-22-18(15-28-16)14-25-9-7-24(8-10-25)11-12-26-20(27)5-4-19(23-26)17-3-2-6-21-13-17/h2-6,13,15H,7-12,14H2,1H3. The Morgan fingerprint density at radius 1 is 1.07 bits per heavy atom. The number of hydrogen-bond acceptors (Lipinski definition) is 7. The van der Waals surface area contributed by atoms with Crippen molar-refractivity contribution in [3.05, 3.63) is 64.9 Å². The molecule has 8 heteroatoms. The Kier molecular flexibility index (Phi) is 5.59. The van der Waals surface area contributed by atoms with Gasteiger partial charge in [0.15, 0.2) is 5.89 Å². The summed E-state index contributed by atoms with van der Waals surface area (Å²) < 4.78 is 6.82. The minimum Gasteiger partial charge on any atom is -0.449 e. The lowest BCUT2D eigenvalue weighted by Gasteiger charge is -2.34. The number of rotatable bonds is 6. The lowest BCUT2D eigenvalue weighted by atomic mass is 10.2. The Morgan fingerprint density at radius 3 is 2.61 bits per heavy atom. The highest BCUT2D eigenvalue weighted by atomic mass is 16.3. The van der Waals surface area contributed by atoms with Crippen molar-refractivity contribution in [2.45, 2.75) is 20.0 Å². The summed E-state index contributed by atoms with van der Waals surface area (Å²) in [4.78, 5) is 25.4. The van der Waals surface area contributed by atoms with Crippen molar-refractivity contribution < 1.29 is 4.42 Å². The van der Waals surface area contributed by atoms with Crippen LogP contribution in [0.15, 0.2) is 52.1 Å². The van der Waals surface area contributed by atoms with Gasteiger partial charge in [0.1, 0.15) is 6.26 Å². The maximum atomic E-state index is 12.2. The van der Waals surface area contributed by atoms with E-state index < -0.39 is 0 Å². The van der Waals surface area contributed by atoms with Gasteiger partial charge in [0, 0.05) is 70.2 Å². The van der Waals surface area contributed by atoms with Crippen molar-refractivity contribution in [1.82, 2.24) is 29.5 Å². The van der Waals surface area contributed by atoms with E-state index in [2.05, 4.69) is 24.9 Å². The van der Waals surface area contributed by atoms with Crippen LogP contribution in [-0.4, -0.2) is 62.3 Å². The molecule has 0 aliphatic carbocycles. The molecule has 0 spiro atoms. The van der Waals surface area contributed by atoms with Crippen LogP contribution in [0.25, 0.3) is 11.3 Å². The molecule has 1 aliphatic rings. The summed E-state index contributed by atoms with van der Waals surface area (Å²) in [6.45, 7) is 7.95. The summed E-state index contributed by atoms with van der Waals surface area (Å²) in [5.41, 5.74) is 2.58. The summed E-state index contributed by atoms with van der Waals surface area (Å²) in [6, 6.07) is 7.14. The van der Waals surface area contributed by atoms with Crippen molar-refractivity contribution in [3.8, 4) is 11.3 Å². The quantitative estimate of drug-likeness (QED) is 0.640. The molecule has 4 heterocycles. The number of oxazole rings is 1. The lowest BCUT2D eigenvalue weighted by molar-refractivity contribution is 0.121. The first-order valence-corrected chi connectivity index (χ1v) is 9.52. The molecule has 0 atom stereocenters. The van der Waals surface area contributed by atoms with E-state index in [1.165, 1.54) is 0 Å². The number of piperazine rings is 1. The average molecular weight is 380 g/mol. The highest BCUT2D eigenvalue weighted by molar-refractivity contribution is 5.56. The van der Waals surface area contributed by atoms with Crippen LogP contribution in [0.1, 0.15) is 11.6 Å².